The number of hydrogen-bond acceptors (Lipinski definition) is 4. The Morgan fingerprint density at radius 3 is 2.23 bits per heavy atom. The number of rotatable bonds is 4. The van der Waals surface area contributed by atoms with E-state index in [0.29, 0.717) is 11.5 Å². The van der Waals surface area contributed by atoms with Crippen LogP contribution in [0.15, 0.2) is 42.7 Å². The SMILES string of the molecule is CCN(c1ccccc1)c1ncc(C(=O)NC(C)(C)C)cn1. The first kappa shape index (κ1) is 15.9. The predicted molar refractivity (Wildman–Crippen MR) is 88.4 cm³/mol. The zero-order valence-corrected chi connectivity index (χ0v) is 13.5. The molecular formula is C17H22N4O. The number of nitrogens with one attached hydrogen (secondary N) is 1. The van der Waals surface area contributed by atoms with Gasteiger partial charge in [-0.15, -0.1) is 0 Å². The Labute approximate surface area is 131 Å². The van der Waals surface area contributed by atoms with Crippen LogP contribution in [-0.4, -0.2) is 28.0 Å². The number of benzene rings is 1. The maximum Gasteiger partial charge on any atom is 0.254 e. The minimum Gasteiger partial charge on any atom is -0.347 e. The van der Waals surface area contributed by atoms with Gasteiger partial charge in [-0.2, -0.15) is 0 Å². The molecular weight excluding hydrogens is 276 g/mol. The second kappa shape index (κ2) is 6.56. The summed E-state index contributed by atoms with van der Waals surface area (Å²) in [6, 6.07) is 9.94. The van der Waals surface area contributed by atoms with Crippen molar-refractivity contribution in [3.05, 3.63) is 48.3 Å². The number of para-hydroxylation sites is 1. The summed E-state index contributed by atoms with van der Waals surface area (Å²) >= 11 is 0. The van der Waals surface area contributed by atoms with Crippen LogP contribution in [0.1, 0.15) is 38.1 Å². The first-order chi connectivity index (χ1) is 10.4. The van der Waals surface area contributed by atoms with Crippen LogP contribution in [0.2, 0.25) is 0 Å². The van der Waals surface area contributed by atoms with Crippen LogP contribution in [0.4, 0.5) is 11.6 Å². The van der Waals surface area contributed by atoms with Crippen LogP contribution in [-0.2, 0) is 0 Å². The number of nitrogens with zero attached hydrogens (tertiary/aromatic N) is 3. The highest BCUT2D eigenvalue weighted by atomic mass is 16.1. The van der Waals surface area contributed by atoms with Gasteiger partial charge in [0, 0.05) is 30.2 Å². The molecule has 2 aromatic rings. The fourth-order valence-electron chi connectivity index (χ4n) is 2.04. The largest absolute Gasteiger partial charge is 0.347 e. The Morgan fingerprint density at radius 1 is 1.14 bits per heavy atom. The lowest BCUT2D eigenvalue weighted by atomic mass is 10.1. The molecule has 116 valence electrons. The number of anilines is 2. The highest BCUT2D eigenvalue weighted by Gasteiger charge is 2.17. The molecule has 0 saturated carbocycles. The molecule has 2 rings (SSSR count). The molecule has 0 radical (unpaired) electrons. The molecule has 1 heterocycles. The summed E-state index contributed by atoms with van der Waals surface area (Å²) in [6.45, 7) is 8.60. The first-order valence-corrected chi connectivity index (χ1v) is 7.38. The van der Waals surface area contributed by atoms with Crippen molar-refractivity contribution in [1.29, 1.82) is 0 Å². The van der Waals surface area contributed by atoms with E-state index in [0.717, 1.165) is 12.2 Å². The van der Waals surface area contributed by atoms with Gasteiger partial charge < -0.3 is 10.2 Å². The molecule has 1 N–H and O–H groups in total. The maximum absolute atomic E-state index is 12.1. The topological polar surface area (TPSA) is 58.1 Å². The minimum atomic E-state index is -0.282. The van der Waals surface area contributed by atoms with Crippen molar-refractivity contribution in [2.45, 2.75) is 33.2 Å². The lowest BCUT2D eigenvalue weighted by molar-refractivity contribution is 0.0919. The molecule has 0 unspecified atom stereocenters. The fourth-order valence-corrected chi connectivity index (χ4v) is 2.04. The van der Waals surface area contributed by atoms with E-state index in [-0.39, 0.29) is 11.4 Å². The molecule has 5 heteroatoms. The van der Waals surface area contributed by atoms with Gasteiger partial charge in [0.2, 0.25) is 5.95 Å². The van der Waals surface area contributed by atoms with Crippen molar-refractivity contribution in [2.24, 2.45) is 0 Å². The van der Waals surface area contributed by atoms with Crippen LogP contribution >= 0.6 is 0 Å². The van der Waals surface area contributed by atoms with E-state index in [1.807, 2.05) is 62.9 Å². The molecule has 0 spiro atoms. The molecule has 22 heavy (non-hydrogen) atoms. The van der Waals surface area contributed by atoms with Crippen molar-refractivity contribution in [1.82, 2.24) is 15.3 Å². The smallest absolute Gasteiger partial charge is 0.254 e. The molecule has 0 saturated heterocycles. The standard InChI is InChI=1S/C17H22N4O/c1-5-21(14-9-7-6-8-10-14)16-18-11-13(12-19-16)15(22)20-17(2,3)4/h6-12H,5H2,1-4H3,(H,20,22). The molecule has 1 aromatic heterocycles. The number of aromatic nitrogens is 2. The number of hydrogen-bond donors (Lipinski definition) is 1. The van der Waals surface area contributed by atoms with E-state index in [1.165, 1.54) is 0 Å². The van der Waals surface area contributed by atoms with Crippen molar-refractivity contribution < 1.29 is 4.79 Å². The molecule has 0 fully saturated rings. The third-order valence-electron chi connectivity index (χ3n) is 3.01. The lowest BCUT2D eigenvalue weighted by Gasteiger charge is -2.22. The van der Waals surface area contributed by atoms with Crippen LogP contribution < -0.4 is 10.2 Å². The van der Waals surface area contributed by atoms with Crippen LogP contribution in [0, 0.1) is 0 Å². The Bertz CT molecular complexity index is 617. The average Bonchev–Trinajstić information content (AvgIpc) is 2.48. The highest BCUT2D eigenvalue weighted by Crippen LogP contribution is 2.20. The molecule has 1 amide bonds. The van der Waals surface area contributed by atoms with Gasteiger partial charge in [-0.1, -0.05) is 18.2 Å². The zero-order valence-electron chi connectivity index (χ0n) is 13.5. The van der Waals surface area contributed by atoms with Gasteiger partial charge in [0.05, 0.1) is 5.56 Å². The third-order valence-corrected chi connectivity index (χ3v) is 3.01. The van der Waals surface area contributed by atoms with Gasteiger partial charge >= 0.3 is 0 Å². The Kier molecular flexibility index (Phi) is 4.75. The van der Waals surface area contributed by atoms with Gasteiger partial charge in [0.25, 0.3) is 5.91 Å². The van der Waals surface area contributed by atoms with Crippen molar-refractivity contribution in [2.75, 3.05) is 11.4 Å². The Hall–Kier alpha value is -2.43. The molecule has 0 aliphatic heterocycles. The van der Waals surface area contributed by atoms with Gasteiger partial charge in [-0.25, -0.2) is 9.97 Å². The number of carbonyl (C=O) groups excluding carboxylic acids is 1. The van der Waals surface area contributed by atoms with E-state index >= 15 is 0 Å². The van der Waals surface area contributed by atoms with Gasteiger partial charge in [-0.05, 0) is 39.8 Å². The molecule has 0 atom stereocenters. The molecule has 0 bridgehead atoms. The van der Waals surface area contributed by atoms with Gasteiger partial charge in [0.1, 0.15) is 0 Å². The normalized spacial score (nSPS) is 11.1. The summed E-state index contributed by atoms with van der Waals surface area (Å²) in [6.07, 6.45) is 3.13. The van der Waals surface area contributed by atoms with Crippen LogP contribution in [0.25, 0.3) is 0 Å². The molecule has 0 aliphatic rings. The van der Waals surface area contributed by atoms with Gasteiger partial charge in [0.15, 0.2) is 0 Å². The second-order valence-electron chi connectivity index (χ2n) is 6.06. The molecule has 5 nitrogen and oxygen atoms in total. The van der Waals surface area contributed by atoms with E-state index in [2.05, 4.69) is 15.3 Å². The Morgan fingerprint density at radius 2 is 1.73 bits per heavy atom. The minimum absolute atomic E-state index is 0.165. The molecule has 0 aliphatic carbocycles. The van der Waals surface area contributed by atoms with Crippen LogP contribution in [0.3, 0.4) is 0 Å². The van der Waals surface area contributed by atoms with E-state index in [4.69, 9.17) is 0 Å². The zero-order chi connectivity index (χ0) is 16.2. The maximum atomic E-state index is 12.1. The number of amides is 1. The van der Waals surface area contributed by atoms with E-state index in [1.54, 1.807) is 12.4 Å². The van der Waals surface area contributed by atoms with E-state index in [9.17, 15) is 4.79 Å². The van der Waals surface area contributed by atoms with Crippen molar-refractivity contribution >= 4 is 17.5 Å². The summed E-state index contributed by atoms with van der Waals surface area (Å²) < 4.78 is 0. The molecule has 1 aromatic carbocycles. The Balaban J connectivity index is 2.19. The van der Waals surface area contributed by atoms with Crippen LogP contribution in [0.5, 0.6) is 0 Å². The monoisotopic (exact) mass is 298 g/mol. The second-order valence-corrected chi connectivity index (χ2v) is 6.06. The van der Waals surface area contributed by atoms with Gasteiger partial charge in [-0.3, -0.25) is 4.79 Å². The predicted octanol–water partition coefficient (Wildman–Crippen LogP) is 3.16. The van der Waals surface area contributed by atoms with Crippen molar-refractivity contribution in [3.63, 3.8) is 0 Å². The average molecular weight is 298 g/mol. The fraction of sp³-hybridized carbons (Fsp3) is 0.353. The quantitative estimate of drug-likeness (QED) is 0.942. The summed E-state index contributed by atoms with van der Waals surface area (Å²) in [4.78, 5) is 22.7. The lowest BCUT2D eigenvalue weighted by Crippen LogP contribution is -2.40. The summed E-state index contributed by atoms with van der Waals surface area (Å²) in [5, 5.41) is 2.90. The summed E-state index contributed by atoms with van der Waals surface area (Å²) in [7, 11) is 0. The first-order valence-electron chi connectivity index (χ1n) is 7.38. The summed E-state index contributed by atoms with van der Waals surface area (Å²) in [5.74, 6) is 0.419. The van der Waals surface area contributed by atoms with Crippen molar-refractivity contribution in [3.8, 4) is 0 Å². The number of carbonyl (C=O) groups is 1. The summed E-state index contributed by atoms with van der Waals surface area (Å²) in [5.41, 5.74) is 1.20. The highest BCUT2D eigenvalue weighted by molar-refractivity contribution is 5.94. The van der Waals surface area contributed by atoms with E-state index < -0.39 is 0 Å². The third kappa shape index (κ3) is 4.04.